The molecular formula is C22H16O4. The summed E-state index contributed by atoms with van der Waals surface area (Å²) in [6.45, 7) is 0. The fourth-order valence-electron chi connectivity index (χ4n) is 3.01. The fraction of sp³-hybridized carbons (Fsp3) is 0.0455. The van der Waals surface area contributed by atoms with Crippen molar-refractivity contribution in [1.82, 2.24) is 0 Å². The monoisotopic (exact) mass is 344 g/mol. The highest BCUT2D eigenvalue weighted by molar-refractivity contribution is 6.18. The van der Waals surface area contributed by atoms with Crippen molar-refractivity contribution >= 4 is 11.9 Å². The molecule has 1 aliphatic heterocycles. The van der Waals surface area contributed by atoms with Crippen LogP contribution in [0.1, 0.15) is 15.9 Å². The lowest BCUT2D eigenvalue weighted by Gasteiger charge is -2.08. The number of ketones is 1. The van der Waals surface area contributed by atoms with E-state index in [1.165, 1.54) is 0 Å². The van der Waals surface area contributed by atoms with Gasteiger partial charge in [0.25, 0.3) is 0 Å². The van der Waals surface area contributed by atoms with Gasteiger partial charge in [0.1, 0.15) is 17.2 Å². The Morgan fingerprint density at radius 2 is 1.65 bits per heavy atom. The molecule has 128 valence electrons. The van der Waals surface area contributed by atoms with E-state index < -0.39 is 0 Å². The number of ether oxygens (including phenoxy) is 2. The molecule has 1 N–H and O–H groups in total. The Morgan fingerprint density at radius 1 is 0.923 bits per heavy atom. The molecule has 0 saturated heterocycles. The highest BCUT2D eigenvalue weighted by Gasteiger charge is 2.32. The van der Waals surface area contributed by atoms with Crippen LogP contribution in [0.3, 0.4) is 0 Å². The number of Topliss-reactive ketones (excluding diaryl/α,β-unsaturated/α-hetero) is 1. The standard InChI is InChI=1S/C22H16O4/c1-25-16-9-7-14(8-10-16)13-19-22(24)21-18(26-19)12-11-17(23)20(21)15-5-3-2-4-6-15/h2-13,23H,1H3/b19-13-. The summed E-state index contributed by atoms with van der Waals surface area (Å²) in [4.78, 5) is 12.9. The summed E-state index contributed by atoms with van der Waals surface area (Å²) in [5.74, 6) is 1.23. The normalized spacial score (nSPS) is 14.2. The highest BCUT2D eigenvalue weighted by Crippen LogP contribution is 2.43. The molecule has 1 aliphatic rings. The van der Waals surface area contributed by atoms with Gasteiger partial charge >= 0.3 is 0 Å². The number of aromatic hydroxyl groups is 1. The number of hydrogen-bond acceptors (Lipinski definition) is 4. The van der Waals surface area contributed by atoms with Crippen LogP contribution in [0, 0.1) is 0 Å². The van der Waals surface area contributed by atoms with Gasteiger partial charge in [0, 0.05) is 5.56 Å². The number of benzene rings is 3. The topological polar surface area (TPSA) is 55.8 Å². The minimum absolute atomic E-state index is 0.0533. The summed E-state index contributed by atoms with van der Waals surface area (Å²) in [5.41, 5.74) is 2.47. The third kappa shape index (κ3) is 2.71. The first-order valence-corrected chi connectivity index (χ1v) is 8.17. The van der Waals surface area contributed by atoms with Crippen LogP contribution in [-0.4, -0.2) is 18.0 Å². The molecule has 4 nitrogen and oxygen atoms in total. The van der Waals surface area contributed by atoms with Crippen molar-refractivity contribution in [2.45, 2.75) is 0 Å². The van der Waals surface area contributed by atoms with Gasteiger partial charge < -0.3 is 14.6 Å². The van der Waals surface area contributed by atoms with Crippen molar-refractivity contribution < 1.29 is 19.4 Å². The zero-order valence-electron chi connectivity index (χ0n) is 14.1. The first kappa shape index (κ1) is 16.0. The van der Waals surface area contributed by atoms with Crippen LogP contribution >= 0.6 is 0 Å². The SMILES string of the molecule is COc1ccc(/C=C2\Oc3ccc(O)c(-c4ccccc4)c3C2=O)cc1. The van der Waals surface area contributed by atoms with E-state index in [0.29, 0.717) is 16.9 Å². The van der Waals surface area contributed by atoms with Gasteiger partial charge in [0.2, 0.25) is 5.78 Å². The van der Waals surface area contributed by atoms with Crippen molar-refractivity contribution in [3.8, 4) is 28.4 Å². The van der Waals surface area contributed by atoms with Gasteiger partial charge in [-0.05, 0) is 41.5 Å². The smallest absolute Gasteiger partial charge is 0.232 e. The van der Waals surface area contributed by atoms with E-state index in [1.54, 1.807) is 25.3 Å². The molecule has 0 spiro atoms. The average molecular weight is 344 g/mol. The Hall–Kier alpha value is -3.53. The minimum Gasteiger partial charge on any atom is -0.507 e. The Kier molecular flexibility index (Phi) is 3.93. The number of carbonyl (C=O) groups is 1. The fourth-order valence-corrected chi connectivity index (χ4v) is 3.01. The zero-order valence-corrected chi connectivity index (χ0v) is 14.1. The van der Waals surface area contributed by atoms with Crippen molar-refractivity contribution in [1.29, 1.82) is 0 Å². The summed E-state index contributed by atoms with van der Waals surface area (Å²) in [6.07, 6.45) is 1.69. The number of allylic oxidation sites excluding steroid dienone is 1. The van der Waals surface area contributed by atoms with E-state index in [1.807, 2.05) is 54.6 Å². The van der Waals surface area contributed by atoms with Crippen molar-refractivity contribution in [3.05, 3.63) is 83.6 Å². The molecular weight excluding hydrogens is 328 g/mol. The molecule has 0 fully saturated rings. The van der Waals surface area contributed by atoms with Crippen LogP contribution < -0.4 is 9.47 Å². The van der Waals surface area contributed by atoms with Crippen LogP contribution in [0.5, 0.6) is 17.2 Å². The second-order valence-corrected chi connectivity index (χ2v) is 5.91. The van der Waals surface area contributed by atoms with E-state index in [4.69, 9.17) is 9.47 Å². The lowest BCUT2D eigenvalue weighted by atomic mass is 9.95. The van der Waals surface area contributed by atoms with E-state index in [2.05, 4.69) is 0 Å². The van der Waals surface area contributed by atoms with Crippen LogP contribution in [-0.2, 0) is 0 Å². The summed E-state index contributed by atoms with van der Waals surface area (Å²) in [7, 11) is 1.60. The van der Waals surface area contributed by atoms with E-state index >= 15 is 0 Å². The lowest BCUT2D eigenvalue weighted by molar-refractivity contribution is 0.101. The Morgan fingerprint density at radius 3 is 2.35 bits per heavy atom. The average Bonchev–Trinajstić information content (AvgIpc) is 2.99. The van der Waals surface area contributed by atoms with Crippen LogP contribution in [0.15, 0.2) is 72.5 Å². The van der Waals surface area contributed by atoms with Crippen LogP contribution in [0.2, 0.25) is 0 Å². The quantitative estimate of drug-likeness (QED) is 0.701. The van der Waals surface area contributed by atoms with Gasteiger partial charge in [0.15, 0.2) is 5.76 Å². The number of phenols is 1. The summed E-state index contributed by atoms with van der Waals surface area (Å²) < 4.78 is 10.9. The number of methoxy groups -OCH3 is 1. The van der Waals surface area contributed by atoms with Gasteiger partial charge in [-0.3, -0.25) is 4.79 Å². The maximum absolute atomic E-state index is 12.9. The second-order valence-electron chi connectivity index (χ2n) is 5.91. The van der Waals surface area contributed by atoms with Gasteiger partial charge in [-0.15, -0.1) is 0 Å². The zero-order chi connectivity index (χ0) is 18.1. The van der Waals surface area contributed by atoms with Crippen molar-refractivity contribution in [2.24, 2.45) is 0 Å². The number of carbonyl (C=O) groups excluding carboxylic acids is 1. The first-order chi connectivity index (χ1) is 12.7. The van der Waals surface area contributed by atoms with Gasteiger partial charge in [-0.25, -0.2) is 0 Å². The summed E-state index contributed by atoms with van der Waals surface area (Å²) in [6, 6.07) is 19.8. The van der Waals surface area contributed by atoms with E-state index in [9.17, 15) is 9.90 Å². The Labute approximate surface area is 150 Å². The molecule has 3 aromatic rings. The van der Waals surface area contributed by atoms with E-state index in [0.717, 1.165) is 16.9 Å². The molecule has 0 radical (unpaired) electrons. The molecule has 4 rings (SSSR count). The molecule has 0 amide bonds. The molecule has 0 aliphatic carbocycles. The highest BCUT2D eigenvalue weighted by atomic mass is 16.5. The van der Waals surface area contributed by atoms with Gasteiger partial charge in [-0.2, -0.15) is 0 Å². The van der Waals surface area contributed by atoms with Crippen molar-refractivity contribution in [2.75, 3.05) is 7.11 Å². The predicted octanol–water partition coefficient (Wildman–Crippen LogP) is 4.68. The predicted molar refractivity (Wildman–Crippen MR) is 99.5 cm³/mol. The number of fused-ring (bicyclic) bond motifs is 1. The summed E-state index contributed by atoms with van der Waals surface area (Å²) >= 11 is 0. The molecule has 26 heavy (non-hydrogen) atoms. The summed E-state index contributed by atoms with van der Waals surface area (Å²) in [5, 5.41) is 10.3. The lowest BCUT2D eigenvalue weighted by Crippen LogP contribution is -2.00. The second kappa shape index (κ2) is 6.41. The maximum Gasteiger partial charge on any atom is 0.232 e. The Balaban J connectivity index is 1.77. The van der Waals surface area contributed by atoms with Crippen molar-refractivity contribution in [3.63, 3.8) is 0 Å². The molecule has 4 heteroatoms. The van der Waals surface area contributed by atoms with Crippen LogP contribution in [0.4, 0.5) is 0 Å². The molecule has 3 aromatic carbocycles. The minimum atomic E-state index is -0.245. The van der Waals surface area contributed by atoms with E-state index in [-0.39, 0.29) is 17.3 Å². The number of rotatable bonds is 3. The number of phenolic OH excluding ortho intramolecular Hbond substituents is 1. The molecule has 1 heterocycles. The Bertz CT molecular complexity index is 1000. The molecule has 0 bridgehead atoms. The van der Waals surface area contributed by atoms with Gasteiger partial charge in [0.05, 0.1) is 12.7 Å². The molecule has 0 unspecified atom stereocenters. The molecule has 0 aromatic heterocycles. The number of hydrogen-bond donors (Lipinski definition) is 1. The third-order valence-electron chi connectivity index (χ3n) is 4.29. The molecule has 0 saturated carbocycles. The maximum atomic E-state index is 12.9. The van der Waals surface area contributed by atoms with Crippen LogP contribution in [0.25, 0.3) is 17.2 Å². The molecule has 0 atom stereocenters. The third-order valence-corrected chi connectivity index (χ3v) is 4.29. The largest absolute Gasteiger partial charge is 0.507 e. The first-order valence-electron chi connectivity index (χ1n) is 8.17. The van der Waals surface area contributed by atoms with Gasteiger partial charge in [-0.1, -0.05) is 42.5 Å².